The number of benzene rings is 2. The fourth-order valence-electron chi connectivity index (χ4n) is 2.99. The lowest BCUT2D eigenvalue weighted by Gasteiger charge is -2.17. The van der Waals surface area contributed by atoms with E-state index in [0.29, 0.717) is 0 Å². The Bertz CT molecular complexity index is 798. The summed E-state index contributed by atoms with van der Waals surface area (Å²) in [4.78, 5) is 14.9. The molecule has 1 unspecified atom stereocenters. The first-order chi connectivity index (χ1) is 12.1. The molecule has 0 radical (unpaired) electrons. The maximum atomic E-state index is 11.6. The van der Waals surface area contributed by atoms with Crippen LogP contribution in [0.25, 0.3) is 5.57 Å². The maximum Gasteiger partial charge on any atom is 0.304 e. The molecule has 0 spiro atoms. The fraction of sp³-hybridized carbons (Fsp3) is 0.286. The Hall–Kier alpha value is -2.04. The lowest BCUT2D eigenvalue weighted by Crippen LogP contribution is -2.12. The SMILES string of the molecule is CC(=O)OC1Sc2ccccc2/C(=C/CCN(C)C)c2ccccc21. The van der Waals surface area contributed by atoms with E-state index < -0.39 is 0 Å². The Morgan fingerprint density at radius 2 is 1.80 bits per heavy atom. The lowest BCUT2D eigenvalue weighted by molar-refractivity contribution is -0.142. The highest BCUT2D eigenvalue weighted by molar-refractivity contribution is 7.99. The quantitative estimate of drug-likeness (QED) is 0.743. The van der Waals surface area contributed by atoms with Gasteiger partial charge in [-0.1, -0.05) is 60.3 Å². The number of hydrogen-bond acceptors (Lipinski definition) is 4. The Morgan fingerprint density at radius 3 is 2.52 bits per heavy atom. The van der Waals surface area contributed by atoms with Crippen molar-refractivity contribution in [2.45, 2.75) is 23.7 Å². The summed E-state index contributed by atoms with van der Waals surface area (Å²) < 4.78 is 5.63. The van der Waals surface area contributed by atoms with Gasteiger partial charge in [0, 0.05) is 23.9 Å². The fourth-order valence-corrected chi connectivity index (χ4v) is 4.20. The number of rotatable bonds is 4. The van der Waals surface area contributed by atoms with E-state index in [1.807, 2.05) is 18.2 Å². The first-order valence-electron chi connectivity index (χ1n) is 8.43. The van der Waals surface area contributed by atoms with Crippen molar-refractivity contribution in [3.8, 4) is 0 Å². The number of nitrogens with zero attached hydrogens (tertiary/aromatic N) is 1. The largest absolute Gasteiger partial charge is 0.446 e. The predicted octanol–water partition coefficient (Wildman–Crippen LogP) is 4.74. The normalized spacial score (nSPS) is 17.8. The first kappa shape index (κ1) is 17.8. The average Bonchev–Trinajstić information content (AvgIpc) is 2.70. The van der Waals surface area contributed by atoms with Crippen LogP contribution in [-0.4, -0.2) is 31.5 Å². The Morgan fingerprint density at radius 1 is 1.12 bits per heavy atom. The highest BCUT2D eigenvalue weighted by Crippen LogP contribution is 2.47. The maximum absolute atomic E-state index is 11.6. The van der Waals surface area contributed by atoms with Gasteiger partial charge >= 0.3 is 5.97 Å². The molecule has 0 bridgehead atoms. The minimum Gasteiger partial charge on any atom is -0.446 e. The highest BCUT2D eigenvalue weighted by Gasteiger charge is 2.27. The number of fused-ring (bicyclic) bond motifs is 2. The molecule has 3 rings (SSSR count). The molecule has 4 heteroatoms. The Balaban J connectivity index is 2.12. The van der Waals surface area contributed by atoms with Gasteiger partial charge in [0.1, 0.15) is 0 Å². The number of esters is 1. The zero-order valence-electron chi connectivity index (χ0n) is 14.9. The summed E-state index contributed by atoms with van der Waals surface area (Å²) in [6.07, 6.45) is 3.27. The van der Waals surface area contributed by atoms with E-state index in [-0.39, 0.29) is 11.4 Å². The van der Waals surface area contributed by atoms with Gasteiger partial charge in [-0.15, -0.1) is 0 Å². The number of hydrogen-bond donors (Lipinski definition) is 0. The third-order valence-electron chi connectivity index (χ3n) is 4.11. The molecule has 2 aromatic carbocycles. The smallest absolute Gasteiger partial charge is 0.304 e. The number of thioether (sulfide) groups is 1. The molecular formula is C21H23NO2S. The molecule has 0 saturated heterocycles. The van der Waals surface area contributed by atoms with E-state index in [1.165, 1.54) is 18.1 Å². The second kappa shape index (κ2) is 7.89. The third-order valence-corrected chi connectivity index (χ3v) is 5.29. The second-order valence-corrected chi connectivity index (χ2v) is 7.46. The van der Waals surface area contributed by atoms with Crippen LogP contribution in [0.3, 0.4) is 0 Å². The molecule has 0 saturated carbocycles. The highest BCUT2D eigenvalue weighted by atomic mass is 32.2. The summed E-state index contributed by atoms with van der Waals surface area (Å²) in [5.41, 5.74) is 4.29. The molecule has 1 atom stereocenters. The molecule has 0 aliphatic carbocycles. The van der Waals surface area contributed by atoms with Crippen molar-refractivity contribution in [3.05, 3.63) is 71.3 Å². The van der Waals surface area contributed by atoms with Gasteiger partial charge in [0.2, 0.25) is 0 Å². The molecular weight excluding hydrogens is 330 g/mol. The van der Waals surface area contributed by atoms with Gasteiger partial charge in [0.15, 0.2) is 5.44 Å². The third kappa shape index (κ3) is 4.14. The van der Waals surface area contributed by atoms with Gasteiger partial charge in [0.25, 0.3) is 0 Å². The standard InChI is InChI=1S/C21H23NO2S/c1-15(23)24-21-19-11-5-4-9-17(19)16(12-8-14-22(2)3)18-10-6-7-13-20(18)25-21/h4-7,9-13,21H,8,14H2,1-3H3/b16-12+. The average molecular weight is 353 g/mol. The van der Waals surface area contributed by atoms with Gasteiger partial charge in [-0.3, -0.25) is 4.79 Å². The van der Waals surface area contributed by atoms with Crippen LogP contribution in [0.1, 0.15) is 35.5 Å². The van der Waals surface area contributed by atoms with Crippen molar-refractivity contribution in [2.75, 3.05) is 20.6 Å². The van der Waals surface area contributed by atoms with Gasteiger partial charge in [-0.05, 0) is 43.3 Å². The minimum absolute atomic E-state index is 0.259. The molecule has 130 valence electrons. The monoisotopic (exact) mass is 353 g/mol. The topological polar surface area (TPSA) is 29.5 Å². The first-order valence-corrected chi connectivity index (χ1v) is 9.31. The zero-order valence-corrected chi connectivity index (χ0v) is 15.7. The lowest BCUT2D eigenvalue weighted by atomic mass is 9.93. The van der Waals surface area contributed by atoms with Gasteiger partial charge in [-0.25, -0.2) is 0 Å². The van der Waals surface area contributed by atoms with Gasteiger partial charge in [-0.2, -0.15) is 0 Å². The summed E-state index contributed by atoms with van der Waals surface area (Å²) in [5, 5.41) is 0. The van der Waals surface area contributed by atoms with Crippen LogP contribution >= 0.6 is 11.8 Å². The Labute approximate surface area is 153 Å². The van der Waals surface area contributed by atoms with Crippen molar-refractivity contribution in [2.24, 2.45) is 0 Å². The van der Waals surface area contributed by atoms with Gasteiger partial charge < -0.3 is 9.64 Å². The molecule has 1 aliphatic rings. The van der Waals surface area contributed by atoms with E-state index >= 15 is 0 Å². The minimum atomic E-state index is -0.324. The molecule has 0 amide bonds. The van der Waals surface area contributed by atoms with E-state index in [9.17, 15) is 4.79 Å². The molecule has 0 aromatic heterocycles. The summed E-state index contributed by atoms with van der Waals surface area (Å²) >= 11 is 1.60. The van der Waals surface area contributed by atoms with Gasteiger partial charge in [0.05, 0.1) is 0 Å². The van der Waals surface area contributed by atoms with Crippen LogP contribution in [0.15, 0.2) is 59.5 Å². The van der Waals surface area contributed by atoms with Crippen molar-refractivity contribution < 1.29 is 9.53 Å². The van der Waals surface area contributed by atoms with Crippen LogP contribution in [0.4, 0.5) is 0 Å². The number of carbonyl (C=O) groups is 1. The molecule has 1 heterocycles. The van der Waals surface area contributed by atoms with Crippen molar-refractivity contribution >= 4 is 23.3 Å². The van der Waals surface area contributed by atoms with Crippen LogP contribution in [0, 0.1) is 0 Å². The zero-order chi connectivity index (χ0) is 17.8. The van der Waals surface area contributed by atoms with E-state index in [0.717, 1.165) is 29.0 Å². The van der Waals surface area contributed by atoms with E-state index in [2.05, 4.69) is 55.4 Å². The van der Waals surface area contributed by atoms with Crippen LogP contribution in [0.5, 0.6) is 0 Å². The predicted molar refractivity (Wildman–Crippen MR) is 103 cm³/mol. The molecule has 1 aliphatic heterocycles. The van der Waals surface area contributed by atoms with E-state index in [1.54, 1.807) is 11.8 Å². The molecule has 25 heavy (non-hydrogen) atoms. The summed E-state index contributed by atoms with van der Waals surface area (Å²) in [7, 11) is 4.17. The van der Waals surface area contributed by atoms with Crippen LogP contribution in [0.2, 0.25) is 0 Å². The molecule has 0 fully saturated rings. The second-order valence-electron chi connectivity index (χ2n) is 6.35. The van der Waals surface area contributed by atoms with Crippen molar-refractivity contribution in [3.63, 3.8) is 0 Å². The van der Waals surface area contributed by atoms with Crippen molar-refractivity contribution in [1.29, 1.82) is 0 Å². The number of carbonyl (C=O) groups excluding carboxylic acids is 1. The summed E-state index contributed by atoms with van der Waals surface area (Å²) in [6.45, 7) is 2.46. The molecule has 2 aromatic rings. The summed E-state index contributed by atoms with van der Waals surface area (Å²) in [6, 6.07) is 16.6. The molecule has 3 nitrogen and oxygen atoms in total. The number of ether oxygens (including phenoxy) is 1. The summed E-state index contributed by atoms with van der Waals surface area (Å²) in [5.74, 6) is -0.259. The Kier molecular flexibility index (Phi) is 5.61. The van der Waals surface area contributed by atoms with Crippen molar-refractivity contribution in [1.82, 2.24) is 4.90 Å². The molecule has 0 N–H and O–H groups in total. The van der Waals surface area contributed by atoms with Crippen LogP contribution in [-0.2, 0) is 9.53 Å². The van der Waals surface area contributed by atoms with E-state index in [4.69, 9.17) is 4.74 Å². The van der Waals surface area contributed by atoms with Crippen LogP contribution < -0.4 is 0 Å².